The highest BCUT2D eigenvalue weighted by atomic mass is 16.3. The third-order valence-corrected chi connectivity index (χ3v) is 5.37. The number of para-hydroxylation sites is 1. The summed E-state index contributed by atoms with van der Waals surface area (Å²) < 4.78 is 1.94. The van der Waals surface area contributed by atoms with Crippen molar-refractivity contribution in [2.24, 2.45) is 0 Å². The van der Waals surface area contributed by atoms with E-state index in [-0.39, 0.29) is 12.5 Å². The molecule has 2 N–H and O–H groups in total. The molecule has 28 heavy (non-hydrogen) atoms. The number of aromatic nitrogens is 2. The van der Waals surface area contributed by atoms with Gasteiger partial charge >= 0.3 is 0 Å². The number of nitrogens with zero attached hydrogens (tertiary/aromatic N) is 2. The van der Waals surface area contributed by atoms with Gasteiger partial charge in [0.2, 0.25) is 0 Å². The largest absolute Gasteiger partial charge is 0.392 e. The van der Waals surface area contributed by atoms with E-state index >= 15 is 0 Å². The van der Waals surface area contributed by atoms with Crippen molar-refractivity contribution in [3.8, 4) is 5.69 Å². The molecule has 0 saturated heterocycles. The van der Waals surface area contributed by atoms with E-state index in [2.05, 4.69) is 5.32 Å². The summed E-state index contributed by atoms with van der Waals surface area (Å²) in [7, 11) is 0. The molecule has 4 rings (SSSR count). The molecule has 1 aliphatic carbocycles. The van der Waals surface area contributed by atoms with E-state index in [1.54, 1.807) is 0 Å². The molecule has 0 atom stereocenters. The van der Waals surface area contributed by atoms with Crippen molar-refractivity contribution in [1.29, 1.82) is 0 Å². The maximum absolute atomic E-state index is 13.0. The topological polar surface area (TPSA) is 67.2 Å². The standard InChI is InChI=1S/C23H25N3O2/c27-16-18-10-8-7-9-17(18)15-24-23(28)22-20-13-5-2-6-14-21(20)26(25-22)19-11-3-1-4-12-19/h1,3-4,7-12,27H,2,5-6,13-16H2,(H,24,28). The number of aliphatic hydroxyl groups excluding tert-OH is 1. The highest BCUT2D eigenvalue weighted by Gasteiger charge is 2.24. The van der Waals surface area contributed by atoms with Crippen LogP contribution in [0.2, 0.25) is 0 Å². The van der Waals surface area contributed by atoms with E-state index in [4.69, 9.17) is 5.10 Å². The number of hydrogen-bond acceptors (Lipinski definition) is 3. The van der Waals surface area contributed by atoms with Crippen LogP contribution in [0.3, 0.4) is 0 Å². The van der Waals surface area contributed by atoms with Gasteiger partial charge in [0.25, 0.3) is 5.91 Å². The Kier molecular flexibility index (Phi) is 5.53. The number of carbonyl (C=O) groups is 1. The molecular formula is C23H25N3O2. The van der Waals surface area contributed by atoms with Gasteiger partial charge in [0.05, 0.1) is 12.3 Å². The molecule has 144 valence electrons. The van der Waals surface area contributed by atoms with Crippen LogP contribution in [0.5, 0.6) is 0 Å². The number of fused-ring (bicyclic) bond motifs is 1. The number of rotatable bonds is 5. The molecule has 0 spiro atoms. The molecule has 0 fully saturated rings. The molecule has 1 aromatic heterocycles. The number of aliphatic hydroxyl groups is 1. The lowest BCUT2D eigenvalue weighted by molar-refractivity contribution is 0.0944. The molecule has 0 bridgehead atoms. The number of hydrogen-bond donors (Lipinski definition) is 2. The third-order valence-electron chi connectivity index (χ3n) is 5.37. The smallest absolute Gasteiger partial charge is 0.272 e. The molecule has 1 heterocycles. The minimum Gasteiger partial charge on any atom is -0.392 e. The van der Waals surface area contributed by atoms with E-state index in [0.717, 1.165) is 53.8 Å². The minimum atomic E-state index is -0.152. The van der Waals surface area contributed by atoms with Crippen molar-refractivity contribution in [1.82, 2.24) is 15.1 Å². The molecule has 5 heteroatoms. The van der Waals surface area contributed by atoms with Crippen LogP contribution in [0.4, 0.5) is 0 Å². The predicted molar refractivity (Wildman–Crippen MR) is 108 cm³/mol. The van der Waals surface area contributed by atoms with Gasteiger partial charge in [-0.05, 0) is 48.9 Å². The van der Waals surface area contributed by atoms with Crippen molar-refractivity contribution in [2.45, 2.75) is 45.3 Å². The normalized spacial score (nSPS) is 13.6. The lowest BCUT2D eigenvalue weighted by Crippen LogP contribution is -2.25. The second-order valence-electron chi connectivity index (χ2n) is 7.19. The summed E-state index contributed by atoms with van der Waals surface area (Å²) in [6.07, 6.45) is 5.21. The Morgan fingerprint density at radius 2 is 1.68 bits per heavy atom. The fourth-order valence-corrected chi connectivity index (χ4v) is 3.88. The highest BCUT2D eigenvalue weighted by Crippen LogP contribution is 2.26. The average molecular weight is 375 g/mol. The molecule has 3 aromatic rings. The minimum absolute atomic E-state index is 0.0376. The van der Waals surface area contributed by atoms with Crippen LogP contribution in [0.15, 0.2) is 54.6 Å². The first-order valence-electron chi connectivity index (χ1n) is 9.90. The van der Waals surface area contributed by atoms with E-state index in [1.165, 1.54) is 6.42 Å². The second kappa shape index (κ2) is 8.40. The van der Waals surface area contributed by atoms with Crippen LogP contribution in [0, 0.1) is 0 Å². The molecule has 0 aliphatic heterocycles. The Hall–Kier alpha value is -2.92. The van der Waals surface area contributed by atoms with Crippen molar-refractivity contribution >= 4 is 5.91 Å². The van der Waals surface area contributed by atoms with Crippen LogP contribution in [-0.2, 0) is 26.0 Å². The Morgan fingerprint density at radius 1 is 0.964 bits per heavy atom. The summed E-state index contributed by atoms with van der Waals surface area (Å²) >= 11 is 0. The SMILES string of the molecule is O=C(NCc1ccccc1CO)c1nn(-c2ccccc2)c2c1CCCCC2. The average Bonchev–Trinajstić information content (AvgIpc) is 2.94. The molecule has 1 amide bonds. The summed E-state index contributed by atoms with van der Waals surface area (Å²) in [5.41, 5.74) is 5.51. The number of amides is 1. The number of carbonyl (C=O) groups excluding carboxylic acids is 1. The summed E-state index contributed by atoms with van der Waals surface area (Å²) in [5, 5.41) is 17.2. The van der Waals surface area contributed by atoms with Gasteiger partial charge in [-0.15, -0.1) is 0 Å². The fourth-order valence-electron chi connectivity index (χ4n) is 3.88. The number of benzene rings is 2. The number of nitrogens with one attached hydrogen (secondary N) is 1. The Bertz CT molecular complexity index is 963. The Balaban J connectivity index is 1.63. The van der Waals surface area contributed by atoms with E-state index < -0.39 is 0 Å². The molecule has 0 radical (unpaired) electrons. The zero-order valence-corrected chi connectivity index (χ0v) is 15.9. The van der Waals surface area contributed by atoms with Crippen molar-refractivity contribution in [3.05, 3.63) is 82.7 Å². The van der Waals surface area contributed by atoms with Gasteiger partial charge in [0, 0.05) is 17.8 Å². The van der Waals surface area contributed by atoms with Crippen molar-refractivity contribution < 1.29 is 9.90 Å². The quantitative estimate of drug-likeness (QED) is 0.670. The van der Waals surface area contributed by atoms with Crippen LogP contribution in [0.1, 0.15) is 52.1 Å². The summed E-state index contributed by atoms with van der Waals surface area (Å²) in [4.78, 5) is 13.0. The lowest BCUT2D eigenvalue weighted by atomic mass is 10.1. The summed E-state index contributed by atoms with van der Waals surface area (Å²) in [6.45, 7) is 0.340. The van der Waals surface area contributed by atoms with E-state index in [9.17, 15) is 9.90 Å². The van der Waals surface area contributed by atoms with Gasteiger partial charge in [-0.25, -0.2) is 4.68 Å². The van der Waals surface area contributed by atoms with Crippen LogP contribution in [0.25, 0.3) is 5.69 Å². The molecule has 5 nitrogen and oxygen atoms in total. The second-order valence-corrected chi connectivity index (χ2v) is 7.19. The van der Waals surface area contributed by atoms with Gasteiger partial charge in [-0.1, -0.05) is 48.9 Å². The first-order chi connectivity index (χ1) is 13.8. The van der Waals surface area contributed by atoms with E-state index in [0.29, 0.717) is 12.2 Å². The van der Waals surface area contributed by atoms with Gasteiger partial charge in [-0.3, -0.25) is 4.79 Å². The van der Waals surface area contributed by atoms with Gasteiger partial charge < -0.3 is 10.4 Å². The van der Waals surface area contributed by atoms with Gasteiger partial charge in [-0.2, -0.15) is 5.10 Å². The molecule has 2 aromatic carbocycles. The molecule has 0 unspecified atom stereocenters. The monoisotopic (exact) mass is 375 g/mol. The maximum atomic E-state index is 13.0. The lowest BCUT2D eigenvalue weighted by Gasteiger charge is -2.09. The highest BCUT2D eigenvalue weighted by molar-refractivity contribution is 5.94. The van der Waals surface area contributed by atoms with Crippen molar-refractivity contribution in [2.75, 3.05) is 0 Å². The zero-order valence-electron chi connectivity index (χ0n) is 15.9. The van der Waals surface area contributed by atoms with Crippen LogP contribution < -0.4 is 5.32 Å². The Labute approximate surface area is 165 Å². The molecular weight excluding hydrogens is 350 g/mol. The van der Waals surface area contributed by atoms with Gasteiger partial charge in [0.1, 0.15) is 0 Å². The van der Waals surface area contributed by atoms with Crippen LogP contribution in [-0.4, -0.2) is 20.8 Å². The van der Waals surface area contributed by atoms with E-state index in [1.807, 2.05) is 59.3 Å². The zero-order chi connectivity index (χ0) is 19.3. The first kappa shape index (κ1) is 18.4. The third kappa shape index (κ3) is 3.71. The maximum Gasteiger partial charge on any atom is 0.272 e. The summed E-state index contributed by atoms with van der Waals surface area (Å²) in [5.74, 6) is -0.152. The Morgan fingerprint density at radius 3 is 2.46 bits per heavy atom. The predicted octanol–water partition coefficient (Wildman–Crippen LogP) is 3.56. The van der Waals surface area contributed by atoms with Crippen LogP contribution >= 0.6 is 0 Å². The first-order valence-corrected chi connectivity index (χ1v) is 9.90. The van der Waals surface area contributed by atoms with Crippen molar-refractivity contribution in [3.63, 3.8) is 0 Å². The molecule has 0 saturated carbocycles. The molecule has 1 aliphatic rings. The summed E-state index contributed by atoms with van der Waals surface area (Å²) in [6, 6.07) is 17.6. The fraction of sp³-hybridized carbons (Fsp3) is 0.304. The van der Waals surface area contributed by atoms with Gasteiger partial charge in [0.15, 0.2) is 5.69 Å².